The van der Waals surface area contributed by atoms with Gasteiger partial charge >= 0.3 is 0 Å². The molecule has 0 aliphatic carbocycles. The van der Waals surface area contributed by atoms with Crippen molar-refractivity contribution in [2.24, 2.45) is 0 Å². The molecule has 13 heteroatoms. The molecule has 5 rings (SSSR count). The van der Waals surface area contributed by atoms with Crippen LogP contribution in [0.5, 0.6) is 5.75 Å². The molecular formula is C31H37N7O6. The number of aliphatic hydroxyl groups excluding tert-OH is 4. The van der Waals surface area contributed by atoms with Crippen LogP contribution in [-0.4, -0.2) is 98.1 Å². The lowest BCUT2D eigenvalue weighted by Gasteiger charge is -2.21. The molecule has 1 fully saturated rings. The van der Waals surface area contributed by atoms with E-state index in [2.05, 4.69) is 21.4 Å². The van der Waals surface area contributed by atoms with E-state index in [1.54, 1.807) is 0 Å². The van der Waals surface area contributed by atoms with Crippen molar-refractivity contribution in [2.75, 3.05) is 51.0 Å². The second kappa shape index (κ2) is 14.0. The van der Waals surface area contributed by atoms with Gasteiger partial charge in [-0.2, -0.15) is 5.26 Å². The van der Waals surface area contributed by atoms with Gasteiger partial charge in [0.05, 0.1) is 25.2 Å². The van der Waals surface area contributed by atoms with Crippen molar-refractivity contribution in [1.82, 2.24) is 19.4 Å². The number of hydrogen-bond acceptors (Lipinski definition) is 12. The second-order valence-corrected chi connectivity index (χ2v) is 10.7. The summed E-state index contributed by atoms with van der Waals surface area (Å²) in [4.78, 5) is 10.4. The largest absolute Gasteiger partial charge is 0.493 e. The molecule has 1 aliphatic heterocycles. The molecule has 4 aromatic rings. The maximum atomic E-state index is 10.9. The van der Waals surface area contributed by atoms with E-state index in [-0.39, 0.29) is 41.4 Å². The van der Waals surface area contributed by atoms with Gasteiger partial charge in [-0.25, -0.2) is 9.97 Å². The molecule has 0 bridgehead atoms. The summed E-state index contributed by atoms with van der Waals surface area (Å²) in [7, 11) is 1.95. The van der Waals surface area contributed by atoms with Crippen LogP contribution in [-0.2, 0) is 11.3 Å². The van der Waals surface area contributed by atoms with Crippen LogP contribution in [0.2, 0.25) is 0 Å². The number of nitrogens with zero attached hydrogens (tertiary/aromatic N) is 5. The molecule has 0 amide bonds. The predicted molar refractivity (Wildman–Crippen MR) is 164 cm³/mol. The molecule has 0 spiro atoms. The van der Waals surface area contributed by atoms with Gasteiger partial charge in [0.1, 0.15) is 53.7 Å². The van der Waals surface area contributed by atoms with Crippen LogP contribution in [0.1, 0.15) is 23.8 Å². The molecule has 1 aliphatic rings. The Morgan fingerprint density at radius 3 is 2.61 bits per heavy atom. The van der Waals surface area contributed by atoms with Gasteiger partial charge in [-0.15, -0.1) is 0 Å². The lowest BCUT2D eigenvalue weighted by molar-refractivity contribution is -0.0499. The molecule has 7 N–H and O–H groups in total. The standard InChI is InChI=1S/C31H37N7O6/c1-37(11-12-39)10-5-13-43-23-14-19(8-9-21(23)20-6-3-2-4-7-20)16-34-29-22(15-32)25-28(33)35-18-36-30(25)38(29)31-27(42)26(41)24(17-40)44-31/h2-4,6-9,14,18,24,26-27,31,34,39-42H,5,10-13,16-17H2,1H3,(H2,33,35,36)/t24-,26-,27-,31-/m1/s1. The first-order chi connectivity index (χ1) is 21.4. The number of rotatable bonds is 13. The molecule has 232 valence electrons. The van der Waals surface area contributed by atoms with Crippen molar-refractivity contribution in [1.29, 1.82) is 5.26 Å². The topological polar surface area (TPSA) is 195 Å². The number of likely N-dealkylation sites (N-methyl/N-ethyl adjacent to an activating group) is 1. The molecule has 2 aromatic carbocycles. The Hall–Kier alpha value is -4.29. The van der Waals surface area contributed by atoms with Gasteiger partial charge in [0.15, 0.2) is 11.9 Å². The van der Waals surface area contributed by atoms with Crippen molar-refractivity contribution in [3.8, 4) is 22.9 Å². The minimum atomic E-state index is -1.41. The van der Waals surface area contributed by atoms with Crippen LogP contribution >= 0.6 is 0 Å². The van der Waals surface area contributed by atoms with E-state index in [1.807, 2.05) is 60.5 Å². The van der Waals surface area contributed by atoms with Crippen LogP contribution in [0.15, 0.2) is 54.9 Å². The van der Waals surface area contributed by atoms with Crippen LogP contribution in [0.3, 0.4) is 0 Å². The minimum absolute atomic E-state index is 0.0765. The number of nitrogen functional groups attached to an aromatic ring is 1. The Morgan fingerprint density at radius 2 is 1.91 bits per heavy atom. The molecule has 2 aromatic heterocycles. The van der Waals surface area contributed by atoms with Gasteiger partial charge in [-0.3, -0.25) is 4.57 Å². The summed E-state index contributed by atoms with van der Waals surface area (Å²) in [5, 5.41) is 53.9. The second-order valence-electron chi connectivity index (χ2n) is 10.7. The minimum Gasteiger partial charge on any atom is -0.493 e. The highest BCUT2D eigenvalue weighted by atomic mass is 16.6. The molecule has 13 nitrogen and oxygen atoms in total. The number of ether oxygens (including phenoxy) is 2. The van der Waals surface area contributed by atoms with Crippen LogP contribution in [0.4, 0.5) is 11.6 Å². The molecule has 1 saturated heterocycles. The molecule has 0 unspecified atom stereocenters. The quantitative estimate of drug-likeness (QED) is 0.121. The summed E-state index contributed by atoms with van der Waals surface area (Å²) < 4.78 is 13.6. The van der Waals surface area contributed by atoms with E-state index < -0.39 is 31.1 Å². The Bertz CT molecular complexity index is 1610. The monoisotopic (exact) mass is 603 g/mol. The van der Waals surface area contributed by atoms with E-state index in [0.29, 0.717) is 18.9 Å². The molecule has 44 heavy (non-hydrogen) atoms. The number of anilines is 2. The number of hydrogen-bond donors (Lipinski definition) is 6. The number of aliphatic hydroxyl groups is 4. The van der Waals surface area contributed by atoms with Crippen molar-refractivity contribution in [2.45, 2.75) is 37.5 Å². The van der Waals surface area contributed by atoms with Crippen molar-refractivity contribution in [3.05, 3.63) is 66.0 Å². The summed E-state index contributed by atoms with van der Waals surface area (Å²) in [5.74, 6) is 1.04. The average Bonchev–Trinajstić information content (AvgIpc) is 3.51. The van der Waals surface area contributed by atoms with Crippen molar-refractivity contribution >= 4 is 22.7 Å². The lowest BCUT2D eigenvalue weighted by atomic mass is 10.0. The van der Waals surface area contributed by atoms with Gasteiger partial charge < -0.3 is 45.9 Å². The van der Waals surface area contributed by atoms with Crippen LogP contribution in [0.25, 0.3) is 22.2 Å². The van der Waals surface area contributed by atoms with Crippen LogP contribution < -0.4 is 15.8 Å². The smallest absolute Gasteiger partial charge is 0.166 e. The summed E-state index contributed by atoms with van der Waals surface area (Å²) in [6.45, 7) is 1.69. The number of nitrogens with two attached hydrogens (primary N) is 1. The van der Waals surface area contributed by atoms with Gasteiger partial charge in [0.25, 0.3) is 0 Å². The number of nitriles is 1. The Kier molecular flexibility index (Phi) is 9.91. The third-order valence-corrected chi connectivity index (χ3v) is 7.71. The number of aromatic nitrogens is 3. The van der Waals surface area contributed by atoms with E-state index in [1.165, 1.54) is 10.9 Å². The summed E-state index contributed by atoms with van der Waals surface area (Å²) in [6, 6.07) is 18.0. The zero-order valence-corrected chi connectivity index (χ0v) is 24.4. The summed E-state index contributed by atoms with van der Waals surface area (Å²) >= 11 is 0. The van der Waals surface area contributed by atoms with E-state index >= 15 is 0 Å². The molecular weight excluding hydrogens is 566 g/mol. The van der Waals surface area contributed by atoms with Gasteiger partial charge in [-0.1, -0.05) is 42.5 Å². The van der Waals surface area contributed by atoms with Crippen LogP contribution in [0, 0.1) is 11.3 Å². The Labute approximate surface area is 254 Å². The van der Waals surface area contributed by atoms with Gasteiger partial charge in [0.2, 0.25) is 0 Å². The average molecular weight is 604 g/mol. The number of nitrogens with one attached hydrogen (secondary N) is 1. The fourth-order valence-electron chi connectivity index (χ4n) is 5.42. The lowest BCUT2D eigenvalue weighted by Crippen LogP contribution is -2.33. The summed E-state index contributed by atoms with van der Waals surface area (Å²) in [6.07, 6.45) is -2.94. The molecule has 4 atom stereocenters. The highest BCUT2D eigenvalue weighted by Gasteiger charge is 2.45. The Balaban J connectivity index is 1.46. The fourth-order valence-corrected chi connectivity index (χ4v) is 5.42. The zero-order chi connectivity index (χ0) is 31.2. The SMILES string of the molecule is CN(CCO)CCCOc1cc(CNc2c(C#N)c3c(N)ncnc3n2[C@@H]2O[C@H](CO)[C@@H](O)[C@H]2O)ccc1-c1ccccc1. The van der Waals surface area contributed by atoms with Crippen molar-refractivity contribution < 1.29 is 29.9 Å². The summed E-state index contributed by atoms with van der Waals surface area (Å²) in [5.41, 5.74) is 9.32. The van der Waals surface area contributed by atoms with E-state index in [9.17, 15) is 20.6 Å². The van der Waals surface area contributed by atoms with Crippen molar-refractivity contribution in [3.63, 3.8) is 0 Å². The molecule has 3 heterocycles. The molecule has 0 radical (unpaired) electrons. The normalized spacial score (nSPS) is 19.8. The van der Waals surface area contributed by atoms with E-state index in [0.717, 1.165) is 29.7 Å². The fraction of sp³-hybridized carbons (Fsp3) is 0.387. The highest BCUT2D eigenvalue weighted by Crippen LogP contribution is 2.40. The maximum absolute atomic E-state index is 10.9. The first-order valence-corrected chi connectivity index (χ1v) is 14.4. The zero-order valence-electron chi connectivity index (χ0n) is 24.4. The molecule has 0 saturated carbocycles. The third-order valence-electron chi connectivity index (χ3n) is 7.71. The highest BCUT2D eigenvalue weighted by molar-refractivity contribution is 5.97. The van der Waals surface area contributed by atoms with E-state index in [4.69, 9.17) is 20.3 Å². The number of benzene rings is 2. The first kappa shape index (κ1) is 31.1. The first-order valence-electron chi connectivity index (χ1n) is 14.4. The Morgan fingerprint density at radius 1 is 1.11 bits per heavy atom. The predicted octanol–water partition coefficient (Wildman–Crippen LogP) is 1.47. The van der Waals surface area contributed by atoms with Gasteiger partial charge in [0, 0.05) is 25.2 Å². The maximum Gasteiger partial charge on any atom is 0.166 e. The van der Waals surface area contributed by atoms with Gasteiger partial charge in [-0.05, 0) is 30.7 Å². The third kappa shape index (κ3) is 6.31. The number of fused-ring (bicyclic) bond motifs is 1.